The number of nitrogens with one attached hydrogen (secondary N) is 2. The molecule has 1 fully saturated rings. The fraction of sp³-hybridized carbons (Fsp3) is 0.200. The first-order valence-corrected chi connectivity index (χ1v) is 8.60. The Bertz CT molecular complexity index is 796. The van der Waals surface area contributed by atoms with Crippen LogP contribution in [0.4, 0.5) is 0 Å². The monoisotopic (exact) mass is 354 g/mol. The number of hydrogen-bond acceptors (Lipinski definition) is 2. The van der Waals surface area contributed by atoms with Gasteiger partial charge in [0.05, 0.1) is 0 Å². The van der Waals surface area contributed by atoms with Gasteiger partial charge in [0.2, 0.25) is 5.91 Å². The van der Waals surface area contributed by atoms with Crippen LogP contribution in [0, 0.1) is 0 Å². The molecular formula is C20H19ClN2O2. The van der Waals surface area contributed by atoms with Crippen molar-refractivity contribution in [2.45, 2.75) is 25.4 Å². The molecule has 0 aliphatic heterocycles. The summed E-state index contributed by atoms with van der Waals surface area (Å²) in [4.78, 5) is 23.8. The Morgan fingerprint density at radius 3 is 2.48 bits per heavy atom. The molecule has 0 atom stereocenters. The fourth-order valence-corrected chi connectivity index (χ4v) is 2.50. The molecule has 128 valence electrons. The summed E-state index contributed by atoms with van der Waals surface area (Å²) in [7, 11) is 0. The van der Waals surface area contributed by atoms with Crippen LogP contribution >= 0.6 is 11.6 Å². The maximum atomic E-state index is 11.9. The van der Waals surface area contributed by atoms with E-state index in [4.69, 9.17) is 11.6 Å². The highest BCUT2D eigenvalue weighted by Gasteiger charge is 2.23. The van der Waals surface area contributed by atoms with Crippen molar-refractivity contribution in [1.29, 1.82) is 0 Å². The summed E-state index contributed by atoms with van der Waals surface area (Å²) < 4.78 is 0. The maximum absolute atomic E-state index is 11.9. The quantitative estimate of drug-likeness (QED) is 0.779. The normalized spacial score (nSPS) is 13.6. The molecule has 2 aromatic carbocycles. The highest BCUT2D eigenvalue weighted by molar-refractivity contribution is 6.31. The number of carbonyl (C=O) groups excluding carboxylic acids is 2. The summed E-state index contributed by atoms with van der Waals surface area (Å²) in [5.74, 6) is -0.244. The minimum Gasteiger partial charge on any atom is -0.349 e. The van der Waals surface area contributed by atoms with Crippen molar-refractivity contribution in [3.8, 4) is 0 Å². The lowest BCUT2D eigenvalue weighted by Gasteiger charge is -2.05. The summed E-state index contributed by atoms with van der Waals surface area (Å²) >= 11 is 6.05. The summed E-state index contributed by atoms with van der Waals surface area (Å²) in [5.41, 5.74) is 2.36. The van der Waals surface area contributed by atoms with Crippen molar-refractivity contribution < 1.29 is 9.59 Å². The number of carbonyl (C=O) groups is 2. The van der Waals surface area contributed by atoms with Crippen LogP contribution in [0.25, 0.3) is 6.08 Å². The van der Waals surface area contributed by atoms with Crippen LogP contribution in [0.15, 0.2) is 54.6 Å². The molecule has 0 aromatic heterocycles. The van der Waals surface area contributed by atoms with Crippen molar-refractivity contribution in [3.05, 3.63) is 76.3 Å². The van der Waals surface area contributed by atoms with Gasteiger partial charge in [-0.25, -0.2) is 0 Å². The van der Waals surface area contributed by atoms with Crippen LogP contribution in [-0.2, 0) is 11.3 Å². The average Bonchev–Trinajstić information content (AvgIpc) is 3.43. The molecule has 2 N–H and O–H groups in total. The van der Waals surface area contributed by atoms with Crippen LogP contribution in [-0.4, -0.2) is 17.9 Å². The molecule has 1 saturated carbocycles. The van der Waals surface area contributed by atoms with Crippen molar-refractivity contribution in [3.63, 3.8) is 0 Å². The van der Waals surface area contributed by atoms with Gasteiger partial charge in [0, 0.05) is 29.2 Å². The smallest absolute Gasteiger partial charge is 0.251 e. The van der Waals surface area contributed by atoms with E-state index in [1.165, 1.54) is 6.08 Å². The van der Waals surface area contributed by atoms with Gasteiger partial charge in [-0.1, -0.05) is 41.9 Å². The summed E-state index contributed by atoms with van der Waals surface area (Å²) in [6.07, 6.45) is 5.31. The van der Waals surface area contributed by atoms with Gasteiger partial charge >= 0.3 is 0 Å². The Hall–Kier alpha value is -2.59. The largest absolute Gasteiger partial charge is 0.349 e. The lowest BCUT2D eigenvalue weighted by Crippen LogP contribution is -2.25. The molecule has 25 heavy (non-hydrogen) atoms. The first-order valence-electron chi connectivity index (χ1n) is 8.22. The Balaban J connectivity index is 1.51. The molecule has 1 aliphatic rings. The van der Waals surface area contributed by atoms with Crippen LogP contribution < -0.4 is 10.6 Å². The third-order valence-electron chi connectivity index (χ3n) is 3.92. The number of hydrogen-bond donors (Lipinski definition) is 2. The highest BCUT2D eigenvalue weighted by Crippen LogP contribution is 2.19. The summed E-state index contributed by atoms with van der Waals surface area (Å²) in [6, 6.07) is 14.9. The van der Waals surface area contributed by atoms with Crippen molar-refractivity contribution in [1.82, 2.24) is 10.6 Å². The first kappa shape index (κ1) is 17.2. The van der Waals surface area contributed by atoms with Gasteiger partial charge in [-0.2, -0.15) is 0 Å². The Morgan fingerprint density at radius 1 is 1.08 bits per heavy atom. The molecule has 0 spiro atoms. The average molecular weight is 355 g/mol. The zero-order valence-corrected chi connectivity index (χ0v) is 14.4. The summed E-state index contributed by atoms with van der Waals surface area (Å²) in [5, 5.41) is 6.37. The van der Waals surface area contributed by atoms with Gasteiger partial charge in [0.25, 0.3) is 5.91 Å². The standard InChI is InChI=1S/C20H19ClN2O2/c21-18-4-2-1-3-16(18)13-22-19(24)12-7-14-5-8-15(9-6-14)20(25)23-17-10-11-17/h1-9,12,17H,10-11,13H2,(H,22,24)(H,23,25)/b12-7+. The molecule has 0 radical (unpaired) electrons. The van der Waals surface area contributed by atoms with E-state index in [9.17, 15) is 9.59 Å². The van der Waals surface area contributed by atoms with E-state index < -0.39 is 0 Å². The molecule has 0 saturated heterocycles. The van der Waals surface area contributed by atoms with Gasteiger partial charge in [-0.3, -0.25) is 9.59 Å². The lowest BCUT2D eigenvalue weighted by atomic mass is 10.1. The summed E-state index contributed by atoms with van der Waals surface area (Å²) in [6.45, 7) is 0.378. The molecule has 3 rings (SSSR count). The third-order valence-corrected chi connectivity index (χ3v) is 4.29. The molecule has 2 aromatic rings. The number of amides is 2. The van der Waals surface area contributed by atoms with E-state index in [-0.39, 0.29) is 11.8 Å². The zero-order valence-electron chi connectivity index (χ0n) is 13.7. The minimum absolute atomic E-state index is 0.0458. The first-order chi connectivity index (χ1) is 12.1. The molecular weight excluding hydrogens is 336 g/mol. The molecule has 0 heterocycles. The van der Waals surface area contributed by atoms with Crippen molar-refractivity contribution >= 4 is 29.5 Å². The second-order valence-corrected chi connectivity index (χ2v) is 6.42. The number of benzene rings is 2. The van der Waals surface area contributed by atoms with Gasteiger partial charge in [-0.15, -0.1) is 0 Å². The second kappa shape index (κ2) is 7.99. The molecule has 0 bridgehead atoms. The van der Waals surface area contributed by atoms with Crippen LogP contribution in [0.3, 0.4) is 0 Å². The number of halogens is 1. The third kappa shape index (κ3) is 5.19. The molecule has 5 heteroatoms. The van der Waals surface area contributed by atoms with E-state index in [0.717, 1.165) is 24.0 Å². The van der Waals surface area contributed by atoms with Gasteiger partial charge < -0.3 is 10.6 Å². The number of rotatable bonds is 6. The zero-order chi connectivity index (χ0) is 17.6. The predicted octanol–water partition coefficient (Wildman–Crippen LogP) is 3.56. The molecule has 4 nitrogen and oxygen atoms in total. The molecule has 0 unspecified atom stereocenters. The Labute approximate surface area is 151 Å². The van der Waals surface area contributed by atoms with E-state index in [2.05, 4.69) is 10.6 Å². The van der Waals surface area contributed by atoms with E-state index >= 15 is 0 Å². The van der Waals surface area contributed by atoms with Gasteiger partial charge in [0.15, 0.2) is 0 Å². The Morgan fingerprint density at radius 2 is 1.80 bits per heavy atom. The fourth-order valence-electron chi connectivity index (χ4n) is 2.30. The maximum Gasteiger partial charge on any atom is 0.251 e. The van der Waals surface area contributed by atoms with Crippen molar-refractivity contribution in [2.24, 2.45) is 0 Å². The molecule has 1 aliphatic carbocycles. The highest BCUT2D eigenvalue weighted by atomic mass is 35.5. The SMILES string of the molecule is O=C(/C=C/c1ccc(C(=O)NC2CC2)cc1)NCc1ccccc1Cl. The van der Waals surface area contributed by atoms with Gasteiger partial charge in [-0.05, 0) is 48.2 Å². The van der Waals surface area contributed by atoms with Crippen LogP contribution in [0.2, 0.25) is 5.02 Å². The van der Waals surface area contributed by atoms with Crippen LogP contribution in [0.1, 0.15) is 34.3 Å². The Kier molecular flexibility index (Phi) is 5.51. The topological polar surface area (TPSA) is 58.2 Å². The van der Waals surface area contributed by atoms with E-state index in [0.29, 0.717) is 23.2 Å². The predicted molar refractivity (Wildman–Crippen MR) is 99.3 cm³/mol. The van der Waals surface area contributed by atoms with Gasteiger partial charge in [0.1, 0.15) is 0 Å². The second-order valence-electron chi connectivity index (χ2n) is 6.01. The molecule has 2 amide bonds. The minimum atomic E-state index is -0.199. The van der Waals surface area contributed by atoms with E-state index in [1.807, 2.05) is 30.3 Å². The van der Waals surface area contributed by atoms with Crippen LogP contribution in [0.5, 0.6) is 0 Å². The van der Waals surface area contributed by atoms with E-state index in [1.54, 1.807) is 24.3 Å². The van der Waals surface area contributed by atoms with Crippen molar-refractivity contribution in [2.75, 3.05) is 0 Å². The lowest BCUT2D eigenvalue weighted by molar-refractivity contribution is -0.116.